The van der Waals surface area contributed by atoms with E-state index in [2.05, 4.69) is 19.2 Å². The van der Waals surface area contributed by atoms with E-state index in [0.29, 0.717) is 12.0 Å². The fraction of sp³-hybridized carbons (Fsp3) is 0.222. The Hall–Kier alpha value is -1.96. The van der Waals surface area contributed by atoms with Crippen molar-refractivity contribution in [1.29, 1.82) is 0 Å². The Bertz CT molecular complexity index is 589. The predicted octanol–water partition coefficient (Wildman–Crippen LogP) is 5.99. The van der Waals surface area contributed by atoms with Crippen molar-refractivity contribution in [1.82, 2.24) is 0 Å². The molecule has 0 aromatic heterocycles. The van der Waals surface area contributed by atoms with Gasteiger partial charge < -0.3 is 0 Å². The van der Waals surface area contributed by atoms with Gasteiger partial charge in [0, 0.05) is 0 Å². The topological polar surface area (TPSA) is 0 Å². The summed E-state index contributed by atoms with van der Waals surface area (Å²) in [5, 5.41) is 0. The molecule has 0 heterocycles. The van der Waals surface area contributed by atoms with Crippen molar-refractivity contribution in [3.8, 4) is 0 Å². The van der Waals surface area contributed by atoms with Gasteiger partial charge in [-0.3, -0.25) is 0 Å². The molecule has 0 radical (unpaired) electrons. The molecule has 0 N–H and O–H groups in total. The fourth-order valence-electron chi connectivity index (χ4n) is 1.92. The molecule has 0 atom stereocenters. The van der Waals surface area contributed by atoms with Gasteiger partial charge >= 0.3 is 0 Å². The molecule has 0 saturated heterocycles. The number of aryl methyl sites for hydroxylation is 2. The summed E-state index contributed by atoms with van der Waals surface area (Å²) in [6.45, 7) is 12.7. The standard InChI is InChI=1S/C18H20F2/c1-6-16(14(4)10-18(20)15(5)19)11-17-8-7-12(2)9-13(17)3/h7-11H,4-6H2,1-3H3/b16-11+,18-10+. The van der Waals surface area contributed by atoms with E-state index in [0.717, 1.165) is 22.8 Å². The van der Waals surface area contributed by atoms with Gasteiger partial charge in [-0.25, -0.2) is 8.78 Å². The molecule has 20 heavy (non-hydrogen) atoms. The molecule has 2 heteroatoms. The van der Waals surface area contributed by atoms with Crippen LogP contribution in [0, 0.1) is 13.8 Å². The number of hydrogen-bond acceptors (Lipinski definition) is 0. The Morgan fingerprint density at radius 1 is 1.20 bits per heavy atom. The zero-order chi connectivity index (χ0) is 15.3. The molecule has 0 nitrogen and oxygen atoms in total. The summed E-state index contributed by atoms with van der Waals surface area (Å²) in [7, 11) is 0. The van der Waals surface area contributed by atoms with Crippen molar-refractivity contribution in [2.75, 3.05) is 0 Å². The van der Waals surface area contributed by atoms with Gasteiger partial charge in [-0.05, 0) is 48.6 Å². The van der Waals surface area contributed by atoms with Crippen LogP contribution >= 0.6 is 0 Å². The lowest BCUT2D eigenvalue weighted by atomic mass is 9.98. The summed E-state index contributed by atoms with van der Waals surface area (Å²) in [6.07, 6.45) is 3.73. The molecule has 0 spiro atoms. The van der Waals surface area contributed by atoms with Crippen LogP contribution in [0.5, 0.6) is 0 Å². The summed E-state index contributed by atoms with van der Waals surface area (Å²) in [4.78, 5) is 0. The average Bonchev–Trinajstić information content (AvgIpc) is 2.37. The highest BCUT2D eigenvalue weighted by Gasteiger charge is 2.05. The average molecular weight is 274 g/mol. The highest BCUT2D eigenvalue weighted by atomic mass is 19.2. The van der Waals surface area contributed by atoms with Gasteiger partial charge in [-0.2, -0.15) is 0 Å². The summed E-state index contributed by atoms with van der Waals surface area (Å²) in [6, 6.07) is 6.12. The van der Waals surface area contributed by atoms with Gasteiger partial charge in [0.1, 0.15) is 0 Å². The predicted molar refractivity (Wildman–Crippen MR) is 82.8 cm³/mol. The lowest BCUT2D eigenvalue weighted by Gasteiger charge is -2.08. The second-order valence-electron chi connectivity index (χ2n) is 4.81. The van der Waals surface area contributed by atoms with Crippen LogP contribution in [-0.2, 0) is 0 Å². The maximum Gasteiger partial charge on any atom is 0.158 e. The van der Waals surface area contributed by atoms with E-state index in [1.807, 2.05) is 39.0 Å². The first-order valence-corrected chi connectivity index (χ1v) is 6.54. The highest BCUT2D eigenvalue weighted by Crippen LogP contribution is 2.23. The number of benzene rings is 1. The van der Waals surface area contributed by atoms with Crippen LogP contribution in [0.15, 0.2) is 60.2 Å². The molecule has 0 aliphatic heterocycles. The molecule has 0 aliphatic rings. The second kappa shape index (κ2) is 6.99. The molecule has 1 aromatic carbocycles. The molecule has 0 amide bonds. The Morgan fingerprint density at radius 3 is 2.35 bits per heavy atom. The lowest BCUT2D eigenvalue weighted by molar-refractivity contribution is 0.547. The van der Waals surface area contributed by atoms with Crippen LogP contribution in [0.2, 0.25) is 0 Å². The Kier molecular flexibility index (Phi) is 5.63. The van der Waals surface area contributed by atoms with Crippen molar-refractivity contribution in [3.05, 3.63) is 76.9 Å². The van der Waals surface area contributed by atoms with E-state index >= 15 is 0 Å². The fourth-order valence-corrected chi connectivity index (χ4v) is 1.92. The normalized spacial score (nSPS) is 12.4. The highest BCUT2D eigenvalue weighted by molar-refractivity contribution is 5.63. The Morgan fingerprint density at radius 2 is 1.85 bits per heavy atom. The monoisotopic (exact) mass is 274 g/mol. The molecule has 1 rings (SSSR count). The van der Waals surface area contributed by atoms with Crippen LogP contribution in [0.4, 0.5) is 8.78 Å². The molecule has 0 unspecified atom stereocenters. The third kappa shape index (κ3) is 4.30. The first kappa shape index (κ1) is 16.1. The van der Waals surface area contributed by atoms with E-state index in [1.54, 1.807) is 0 Å². The van der Waals surface area contributed by atoms with Gasteiger partial charge in [0.2, 0.25) is 0 Å². The van der Waals surface area contributed by atoms with Crippen LogP contribution in [0.25, 0.3) is 6.08 Å². The molecule has 0 fully saturated rings. The molecule has 1 aromatic rings. The van der Waals surface area contributed by atoms with E-state index in [9.17, 15) is 8.78 Å². The van der Waals surface area contributed by atoms with E-state index in [-0.39, 0.29) is 0 Å². The molecule has 0 bridgehead atoms. The molecular weight excluding hydrogens is 254 g/mol. The van der Waals surface area contributed by atoms with Crippen LogP contribution in [-0.4, -0.2) is 0 Å². The zero-order valence-electron chi connectivity index (χ0n) is 12.3. The van der Waals surface area contributed by atoms with Crippen LogP contribution in [0.1, 0.15) is 30.0 Å². The maximum atomic E-state index is 13.2. The van der Waals surface area contributed by atoms with E-state index in [1.165, 1.54) is 5.56 Å². The van der Waals surface area contributed by atoms with Gasteiger partial charge in [0.25, 0.3) is 0 Å². The van der Waals surface area contributed by atoms with Crippen molar-refractivity contribution in [3.63, 3.8) is 0 Å². The minimum Gasteiger partial charge on any atom is -0.204 e. The van der Waals surface area contributed by atoms with Crippen LogP contribution in [0.3, 0.4) is 0 Å². The van der Waals surface area contributed by atoms with Crippen molar-refractivity contribution in [2.24, 2.45) is 0 Å². The third-order valence-corrected chi connectivity index (χ3v) is 3.11. The molecule has 0 saturated carbocycles. The van der Waals surface area contributed by atoms with Gasteiger partial charge in [0.15, 0.2) is 11.7 Å². The zero-order valence-corrected chi connectivity index (χ0v) is 12.3. The Labute approximate surface area is 119 Å². The molecule has 106 valence electrons. The summed E-state index contributed by atoms with van der Waals surface area (Å²) < 4.78 is 25.9. The summed E-state index contributed by atoms with van der Waals surface area (Å²) in [5.41, 5.74) is 4.72. The minimum absolute atomic E-state index is 0.462. The van der Waals surface area contributed by atoms with Crippen molar-refractivity contribution < 1.29 is 8.78 Å². The molecule has 0 aliphatic carbocycles. The molecular formula is C18H20F2. The minimum atomic E-state index is -1.08. The van der Waals surface area contributed by atoms with Crippen molar-refractivity contribution >= 4 is 6.08 Å². The number of allylic oxidation sites excluding steroid dienone is 5. The van der Waals surface area contributed by atoms with E-state index in [4.69, 9.17) is 0 Å². The summed E-state index contributed by atoms with van der Waals surface area (Å²) >= 11 is 0. The van der Waals surface area contributed by atoms with Gasteiger partial charge in [-0.15, -0.1) is 0 Å². The number of hydrogen-bond donors (Lipinski definition) is 0. The Balaban J connectivity index is 3.12. The quantitative estimate of drug-likeness (QED) is 0.578. The number of rotatable bonds is 5. The first-order chi connectivity index (χ1) is 9.35. The third-order valence-electron chi connectivity index (χ3n) is 3.11. The SMILES string of the molecule is C=C(F)/C(F)=C\C(=C)/C(=C/c1ccc(C)cc1C)CC. The first-order valence-electron chi connectivity index (χ1n) is 6.54. The lowest BCUT2D eigenvalue weighted by Crippen LogP contribution is -1.89. The smallest absolute Gasteiger partial charge is 0.158 e. The maximum absolute atomic E-state index is 13.2. The summed E-state index contributed by atoms with van der Waals surface area (Å²) in [5.74, 6) is -2.05. The van der Waals surface area contributed by atoms with Crippen molar-refractivity contribution in [2.45, 2.75) is 27.2 Å². The van der Waals surface area contributed by atoms with Crippen LogP contribution < -0.4 is 0 Å². The largest absolute Gasteiger partial charge is 0.204 e. The van der Waals surface area contributed by atoms with Gasteiger partial charge in [0.05, 0.1) is 0 Å². The second-order valence-corrected chi connectivity index (χ2v) is 4.81. The van der Waals surface area contributed by atoms with E-state index < -0.39 is 11.7 Å². The van der Waals surface area contributed by atoms with Gasteiger partial charge in [-0.1, -0.05) is 49.9 Å². The number of halogens is 2.